The summed E-state index contributed by atoms with van der Waals surface area (Å²) < 4.78 is 90.6. The van der Waals surface area contributed by atoms with Gasteiger partial charge < -0.3 is 68.7 Å². The molecular formula is C52H83F3N4O17. The molecule has 18 atom stereocenters. The van der Waals surface area contributed by atoms with Crippen molar-refractivity contribution in [1.82, 2.24) is 15.5 Å². The van der Waals surface area contributed by atoms with Gasteiger partial charge in [0.15, 0.2) is 18.7 Å². The van der Waals surface area contributed by atoms with Crippen molar-refractivity contribution in [1.29, 1.82) is 0 Å². The van der Waals surface area contributed by atoms with E-state index in [0.717, 1.165) is 6.07 Å². The van der Waals surface area contributed by atoms with Crippen LogP contribution in [0.2, 0.25) is 0 Å². The number of rotatable bonds is 17. The maximum absolute atomic E-state index is 14.5. The number of halogens is 3. The van der Waals surface area contributed by atoms with Crippen molar-refractivity contribution in [2.75, 3.05) is 41.4 Å². The summed E-state index contributed by atoms with van der Waals surface area (Å²) in [5.41, 5.74) is -6.91. The van der Waals surface area contributed by atoms with Gasteiger partial charge in [0.05, 0.1) is 58.9 Å². The lowest BCUT2D eigenvalue weighted by Gasteiger charge is -2.50. The number of benzene rings is 1. The van der Waals surface area contributed by atoms with E-state index >= 15 is 0 Å². The number of aliphatic hydroxyl groups excluding tert-OH is 2. The third kappa shape index (κ3) is 15.8. The van der Waals surface area contributed by atoms with E-state index < -0.39 is 143 Å². The first-order chi connectivity index (χ1) is 35.2. The maximum Gasteiger partial charge on any atom is 0.416 e. The van der Waals surface area contributed by atoms with Crippen molar-refractivity contribution in [3.8, 4) is 0 Å². The van der Waals surface area contributed by atoms with Crippen molar-refractivity contribution >= 4 is 29.4 Å². The van der Waals surface area contributed by atoms with Crippen LogP contribution in [-0.4, -0.2) is 175 Å². The fourth-order valence-corrected chi connectivity index (χ4v) is 10.9. The average molecular weight is 1090 g/mol. The number of methoxy groups -OCH3 is 2. The molecule has 3 heterocycles. The molecule has 2 amide bonds. The first kappa shape index (κ1) is 64.4. The SMILES string of the molecule is CC[C@@H]1OC(=O)[C@H](C)[C@@H](O[C@H]2C[C@@](C)(OC)[C@@H](OC(=O)NCCCCNC(=O)Cc3cc([N+](=O)[O-])cc(C(F)(F)F)c3)[C@H](C)O2)[C@@H](C)C(O[C@@H]2O[C@H](C)C[C@H](N(C)C)[C@H]2O)[C@](C)(OC)C[C@@H](C)C(=O)[C@@H](C)[C@H](O)[C@]1(C)O. The fraction of sp³-hybridized carbons (Fsp3) is 0.808. The molecule has 0 aliphatic carbocycles. The normalized spacial score (nSPS) is 37.2. The van der Waals surface area contributed by atoms with Crippen LogP contribution in [0.4, 0.5) is 23.7 Å². The third-order valence-electron chi connectivity index (χ3n) is 15.5. The first-order valence-electron chi connectivity index (χ1n) is 26.0. The Morgan fingerprint density at radius 3 is 2.07 bits per heavy atom. The van der Waals surface area contributed by atoms with Crippen molar-refractivity contribution in [2.24, 2.45) is 23.7 Å². The Kier molecular flexibility index (Phi) is 22.6. The molecule has 3 saturated heterocycles. The summed E-state index contributed by atoms with van der Waals surface area (Å²) in [5, 5.41) is 51.6. The number of alkyl halides is 3. The second kappa shape index (κ2) is 26.7. The zero-order valence-corrected chi connectivity index (χ0v) is 46.3. The molecule has 1 aromatic carbocycles. The van der Waals surface area contributed by atoms with E-state index in [2.05, 4.69) is 10.6 Å². The standard InChI is InChI=1S/C52H83F3N4O17/c1-15-37-51(10,66)43(63)29(4)40(61)27(2)25-49(8,69-13)44(75-47-41(62)36(58(11)12)20-28(3)71-47)30(5)42(31(6)46(64)73-37)74-39-26-50(9,70-14)45(32(7)72-39)76-48(65)57-19-17-16-18-56-38(60)23-33-21-34(52(53,54)55)24-35(22-33)59(67)68/h21-22,24,27-32,36-37,39,41-45,47,62-63,66H,15-20,23,25-26H2,1-14H3,(H,56,60)(H,57,65)/t27-,28-,29-,30-,31-,32+,36+,37+,39+,41-,42+,43+,44?,45+,47+,49-,50-,51-/m1/s1. The lowest BCUT2D eigenvalue weighted by molar-refractivity contribution is -0.385. The van der Waals surface area contributed by atoms with Crippen molar-refractivity contribution < 1.29 is 90.5 Å². The lowest BCUT2D eigenvalue weighted by Crippen LogP contribution is -2.62. The number of carbonyl (C=O) groups excluding carboxylic acids is 4. The molecule has 24 heteroatoms. The van der Waals surface area contributed by atoms with E-state index in [9.17, 15) is 57.8 Å². The number of nitro benzene ring substituents is 1. The van der Waals surface area contributed by atoms with Crippen LogP contribution < -0.4 is 10.6 Å². The number of esters is 1. The van der Waals surface area contributed by atoms with Gasteiger partial charge in [-0.25, -0.2) is 4.79 Å². The minimum Gasteiger partial charge on any atom is -0.459 e. The minimum absolute atomic E-state index is 0.0214. The topological polar surface area (TPSA) is 273 Å². The molecule has 0 spiro atoms. The first-order valence-corrected chi connectivity index (χ1v) is 26.0. The number of hydrogen-bond acceptors (Lipinski definition) is 18. The van der Waals surface area contributed by atoms with Crippen molar-refractivity contribution in [3.05, 3.63) is 39.4 Å². The number of likely N-dealkylation sites (N-methyl/N-ethyl adjacent to an activating group) is 1. The predicted octanol–water partition coefficient (Wildman–Crippen LogP) is 5.24. The number of Topliss-reactive ketones (excluding diaryl/α,β-unsaturated/α-hetero) is 1. The van der Waals surface area contributed by atoms with Gasteiger partial charge in [-0.1, -0.05) is 27.7 Å². The van der Waals surface area contributed by atoms with Gasteiger partial charge in [-0.05, 0) is 99.4 Å². The molecule has 3 aliphatic heterocycles. The highest BCUT2D eigenvalue weighted by Crippen LogP contribution is 2.42. The fourth-order valence-electron chi connectivity index (χ4n) is 10.9. The van der Waals surface area contributed by atoms with Gasteiger partial charge in [0.1, 0.15) is 29.2 Å². The van der Waals surface area contributed by atoms with Gasteiger partial charge in [0.25, 0.3) is 5.69 Å². The summed E-state index contributed by atoms with van der Waals surface area (Å²) in [4.78, 5) is 66.6. The molecule has 0 radical (unpaired) electrons. The van der Waals surface area contributed by atoms with Gasteiger partial charge in [0, 0.05) is 69.7 Å². The van der Waals surface area contributed by atoms with E-state index in [1.165, 1.54) is 28.1 Å². The molecule has 3 fully saturated rings. The Balaban J connectivity index is 1.55. The van der Waals surface area contributed by atoms with E-state index in [1.54, 1.807) is 48.5 Å². The molecule has 21 nitrogen and oxygen atoms in total. The number of alkyl carbamates (subject to hydrolysis) is 1. The Morgan fingerprint density at radius 1 is 0.895 bits per heavy atom. The Labute approximate surface area is 443 Å². The van der Waals surface area contributed by atoms with Gasteiger partial charge in [-0.3, -0.25) is 24.5 Å². The summed E-state index contributed by atoms with van der Waals surface area (Å²) in [5.74, 6) is -5.73. The largest absolute Gasteiger partial charge is 0.459 e. The number of hydrogen-bond donors (Lipinski definition) is 5. The molecule has 1 unspecified atom stereocenters. The van der Waals surface area contributed by atoms with Gasteiger partial charge in [-0.15, -0.1) is 0 Å². The highest BCUT2D eigenvalue weighted by atomic mass is 19.4. The van der Waals surface area contributed by atoms with Crippen LogP contribution in [0.5, 0.6) is 0 Å². The zero-order chi connectivity index (χ0) is 57.4. The number of amides is 2. The number of ketones is 1. The summed E-state index contributed by atoms with van der Waals surface area (Å²) in [6, 6.07) is 1.63. The molecule has 4 rings (SSSR count). The van der Waals surface area contributed by atoms with E-state index in [1.807, 2.05) is 25.9 Å². The van der Waals surface area contributed by atoms with Gasteiger partial charge in [0.2, 0.25) is 5.91 Å². The highest BCUT2D eigenvalue weighted by molar-refractivity contribution is 5.83. The van der Waals surface area contributed by atoms with Crippen LogP contribution >= 0.6 is 0 Å². The lowest BCUT2D eigenvalue weighted by atomic mass is 9.74. The van der Waals surface area contributed by atoms with Crippen LogP contribution in [-0.2, 0) is 64.9 Å². The summed E-state index contributed by atoms with van der Waals surface area (Å²) in [6.45, 7) is 16.7. The van der Waals surface area contributed by atoms with Crippen LogP contribution in [0.25, 0.3) is 0 Å². The number of ether oxygens (including phenoxy) is 8. The smallest absolute Gasteiger partial charge is 0.416 e. The maximum atomic E-state index is 14.5. The third-order valence-corrected chi connectivity index (χ3v) is 15.5. The molecule has 5 N–H and O–H groups in total. The molecule has 76 heavy (non-hydrogen) atoms. The molecule has 3 aliphatic rings. The monoisotopic (exact) mass is 1090 g/mol. The molecule has 0 aromatic heterocycles. The number of carbonyl (C=O) groups is 4. The number of non-ortho nitro benzene ring substituents is 1. The molecule has 0 bridgehead atoms. The van der Waals surface area contributed by atoms with Crippen LogP contribution in [0.15, 0.2) is 18.2 Å². The summed E-state index contributed by atoms with van der Waals surface area (Å²) in [7, 11) is 6.56. The Morgan fingerprint density at radius 2 is 1.50 bits per heavy atom. The number of aliphatic hydroxyl groups is 3. The average Bonchev–Trinajstić information content (AvgIpc) is 3.34. The number of cyclic esters (lactones) is 1. The van der Waals surface area contributed by atoms with Crippen LogP contribution in [0, 0.1) is 33.8 Å². The quantitative estimate of drug-likeness (QED) is 0.0577. The Hall–Kier alpha value is -4.11. The number of nitro groups is 1. The van der Waals surface area contributed by atoms with Crippen LogP contribution in [0.1, 0.15) is 119 Å². The summed E-state index contributed by atoms with van der Waals surface area (Å²) >= 11 is 0. The highest BCUT2D eigenvalue weighted by Gasteiger charge is 2.55. The van der Waals surface area contributed by atoms with E-state index in [4.69, 9.17) is 37.9 Å². The van der Waals surface area contributed by atoms with E-state index in [-0.39, 0.29) is 55.8 Å². The second-order valence-corrected chi connectivity index (χ2v) is 21.8. The Bertz CT molecular complexity index is 2140. The minimum atomic E-state index is -4.85. The molecule has 1 aromatic rings. The van der Waals surface area contributed by atoms with Crippen LogP contribution in [0.3, 0.4) is 0 Å². The summed E-state index contributed by atoms with van der Waals surface area (Å²) in [6.07, 6.45) is -15.9. The van der Waals surface area contributed by atoms with Gasteiger partial charge in [-0.2, -0.15) is 13.2 Å². The van der Waals surface area contributed by atoms with Crippen molar-refractivity contribution in [2.45, 2.75) is 205 Å². The van der Waals surface area contributed by atoms with Gasteiger partial charge >= 0.3 is 18.2 Å². The number of nitrogens with one attached hydrogen (secondary N) is 2. The van der Waals surface area contributed by atoms with Crippen molar-refractivity contribution in [3.63, 3.8) is 0 Å². The zero-order valence-electron chi connectivity index (χ0n) is 46.3. The molecule has 0 saturated carbocycles. The number of unbranched alkanes of at least 4 members (excludes halogenated alkanes) is 1. The number of nitrogens with zero attached hydrogens (tertiary/aromatic N) is 2. The van der Waals surface area contributed by atoms with E-state index in [0.29, 0.717) is 31.4 Å². The molecule has 434 valence electrons. The molecular weight excluding hydrogens is 1010 g/mol. The second-order valence-electron chi connectivity index (χ2n) is 21.8. The predicted molar refractivity (Wildman–Crippen MR) is 267 cm³/mol.